The zero-order valence-electron chi connectivity index (χ0n) is 9.34. The van der Waals surface area contributed by atoms with Crippen LogP contribution in [0, 0.1) is 0 Å². The van der Waals surface area contributed by atoms with Crippen LogP contribution in [0.3, 0.4) is 0 Å². The van der Waals surface area contributed by atoms with Crippen molar-refractivity contribution in [2.45, 2.75) is 32.6 Å². The lowest BCUT2D eigenvalue weighted by molar-refractivity contribution is 0.0947. The first kappa shape index (κ1) is 10.2. The number of rotatable bonds is 3. The molecule has 2 rings (SSSR count). The monoisotopic (exact) mass is 207 g/mol. The van der Waals surface area contributed by atoms with Gasteiger partial charge in [0.15, 0.2) is 5.69 Å². The van der Waals surface area contributed by atoms with Gasteiger partial charge in [0.2, 0.25) is 0 Å². The van der Waals surface area contributed by atoms with Crippen LogP contribution in [0.5, 0.6) is 0 Å². The minimum atomic E-state index is -0.0180. The Labute approximate surface area is 89.7 Å². The van der Waals surface area contributed by atoms with Crippen molar-refractivity contribution >= 4 is 5.91 Å². The van der Waals surface area contributed by atoms with Crippen molar-refractivity contribution in [1.82, 2.24) is 15.1 Å². The number of hydrogen-bond acceptors (Lipinski definition) is 2. The van der Waals surface area contributed by atoms with E-state index in [1.54, 1.807) is 0 Å². The minimum absolute atomic E-state index is 0.0180. The minimum Gasteiger partial charge on any atom is -0.351 e. The quantitative estimate of drug-likeness (QED) is 0.805. The van der Waals surface area contributed by atoms with Gasteiger partial charge in [0.25, 0.3) is 5.91 Å². The number of amides is 1. The topological polar surface area (TPSA) is 46.9 Å². The third-order valence-electron chi connectivity index (χ3n) is 2.87. The summed E-state index contributed by atoms with van der Waals surface area (Å²) in [5, 5.41) is 7.17. The van der Waals surface area contributed by atoms with Crippen LogP contribution < -0.4 is 5.32 Å². The molecule has 1 N–H and O–H groups in total. The van der Waals surface area contributed by atoms with Crippen LogP contribution in [0.1, 0.15) is 41.5 Å². The predicted molar refractivity (Wildman–Crippen MR) is 57.9 cm³/mol. The summed E-state index contributed by atoms with van der Waals surface area (Å²) in [7, 11) is 1.92. The second-order valence-electron chi connectivity index (χ2n) is 4.01. The van der Waals surface area contributed by atoms with Crippen molar-refractivity contribution in [3.63, 3.8) is 0 Å². The lowest BCUT2D eigenvalue weighted by Crippen LogP contribution is -2.25. The Balaban J connectivity index is 2.21. The van der Waals surface area contributed by atoms with Crippen LogP contribution in [-0.2, 0) is 19.9 Å². The van der Waals surface area contributed by atoms with E-state index in [0.717, 1.165) is 37.8 Å². The van der Waals surface area contributed by atoms with E-state index in [9.17, 15) is 4.79 Å². The highest BCUT2D eigenvalue weighted by atomic mass is 16.1. The van der Waals surface area contributed by atoms with Gasteiger partial charge in [-0.2, -0.15) is 5.10 Å². The van der Waals surface area contributed by atoms with E-state index in [1.807, 2.05) is 18.7 Å². The van der Waals surface area contributed by atoms with Crippen LogP contribution in [0.25, 0.3) is 0 Å². The lowest BCUT2D eigenvalue weighted by atomic mass is 10.2. The van der Waals surface area contributed by atoms with Gasteiger partial charge < -0.3 is 5.32 Å². The number of carbonyl (C=O) groups is 1. The Kier molecular flexibility index (Phi) is 2.75. The summed E-state index contributed by atoms with van der Waals surface area (Å²) < 4.78 is 1.85. The van der Waals surface area contributed by atoms with Crippen molar-refractivity contribution in [3.8, 4) is 0 Å². The number of hydrogen-bond donors (Lipinski definition) is 1. The molecule has 0 radical (unpaired) electrons. The molecule has 0 spiro atoms. The van der Waals surface area contributed by atoms with E-state index in [2.05, 4.69) is 10.4 Å². The van der Waals surface area contributed by atoms with Gasteiger partial charge in [-0.05, 0) is 25.7 Å². The van der Waals surface area contributed by atoms with Gasteiger partial charge in [-0.3, -0.25) is 9.48 Å². The smallest absolute Gasteiger partial charge is 0.272 e. The maximum Gasteiger partial charge on any atom is 0.272 e. The maximum atomic E-state index is 11.8. The van der Waals surface area contributed by atoms with E-state index in [4.69, 9.17) is 0 Å². The van der Waals surface area contributed by atoms with E-state index >= 15 is 0 Å². The van der Waals surface area contributed by atoms with Gasteiger partial charge in [0.1, 0.15) is 0 Å². The van der Waals surface area contributed by atoms with E-state index < -0.39 is 0 Å². The van der Waals surface area contributed by atoms with Gasteiger partial charge in [-0.25, -0.2) is 0 Å². The average molecular weight is 207 g/mol. The molecule has 82 valence electrons. The molecule has 1 amide bonds. The zero-order valence-corrected chi connectivity index (χ0v) is 9.34. The van der Waals surface area contributed by atoms with Crippen LogP contribution in [0.15, 0.2) is 0 Å². The molecule has 1 aromatic rings. The normalized spacial score (nSPS) is 14.0. The molecule has 1 aliphatic rings. The number of nitrogens with one attached hydrogen (secondary N) is 1. The van der Waals surface area contributed by atoms with Gasteiger partial charge in [-0.15, -0.1) is 0 Å². The first-order valence-electron chi connectivity index (χ1n) is 5.57. The van der Waals surface area contributed by atoms with E-state index in [1.165, 1.54) is 5.69 Å². The maximum absolute atomic E-state index is 11.8. The predicted octanol–water partition coefficient (Wildman–Crippen LogP) is 1.05. The van der Waals surface area contributed by atoms with E-state index in [-0.39, 0.29) is 5.91 Å². The molecule has 1 aromatic heterocycles. The molecular weight excluding hydrogens is 190 g/mol. The second kappa shape index (κ2) is 4.04. The summed E-state index contributed by atoms with van der Waals surface area (Å²) in [5.41, 5.74) is 3.03. The average Bonchev–Trinajstić information content (AvgIpc) is 2.79. The Morgan fingerprint density at radius 2 is 2.33 bits per heavy atom. The van der Waals surface area contributed by atoms with Gasteiger partial charge in [0.05, 0.1) is 0 Å². The number of nitrogens with zero attached hydrogens (tertiary/aromatic N) is 2. The third kappa shape index (κ3) is 1.76. The number of fused-ring (bicyclic) bond motifs is 1. The third-order valence-corrected chi connectivity index (χ3v) is 2.87. The zero-order chi connectivity index (χ0) is 10.8. The van der Waals surface area contributed by atoms with Crippen LogP contribution in [0.4, 0.5) is 0 Å². The molecule has 0 aromatic carbocycles. The largest absolute Gasteiger partial charge is 0.351 e. The van der Waals surface area contributed by atoms with Crippen LogP contribution in [0.2, 0.25) is 0 Å². The van der Waals surface area contributed by atoms with Gasteiger partial charge >= 0.3 is 0 Å². The molecule has 4 nitrogen and oxygen atoms in total. The highest BCUT2D eigenvalue weighted by molar-refractivity contribution is 5.94. The molecule has 0 fully saturated rings. The Morgan fingerprint density at radius 1 is 1.53 bits per heavy atom. The fourth-order valence-electron chi connectivity index (χ4n) is 2.12. The van der Waals surface area contributed by atoms with Crippen molar-refractivity contribution in [2.24, 2.45) is 7.05 Å². The molecule has 0 saturated carbocycles. The first-order chi connectivity index (χ1) is 7.24. The van der Waals surface area contributed by atoms with Gasteiger partial charge in [-0.1, -0.05) is 6.92 Å². The highest BCUT2D eigenvalue weighted by Crippen LogP contribution is 2.24. The van der Waals surface area contributed by atoms with E-state index in [0.29, 0.717) is 5.69 Å². The summed E-state index contributed by atoms with van der Waals surface area (Å²) in [6, 6.07) is 0. The summed E-state index contributed by atoms with van der Waals surface area (Å²) in [4.78, 5) is 11.8. The van der Waals surface area contributed by atoms with Crippen molar-refractivity contribution in [1.29, 1.82) is 0 Å². The first-order valence-corrected chi connectivity index (χ1v) is 5.57. The molecule has 1 heterocycles. The molecule has 4 heteroatoms. The van der Waals surface area contributed by atoms with Crippen molar-refractivity contribution in [2.75, 3.05) is 6.54 Å². The summed E-state index contributed by atoms with van der Waals surface area (Å²) >= 11 is 0. The van der Waals surface area contributed by atoms with Crippen molar-refractivity contribution in [3.05, 3.63) is 17.0 Å². The molecule has 0 unspecified atom stereocenters. The lowest BCUT2D eigenvalue weighted by Gasteiger charge is -2.01. The molecule has 15 heavy (non-hydrogen) atoms. The highest BCUT2D eigenvalue weighted by Gasteiger charge is 2.24. The Morgan fingerprint density at radius 3 is 3.07 bits per heavy atom. The molecule has 0 aliphatic heterocycles. The molecule has 0 atom stereocenters. The Hall–Kier alpha value is -1.32. The van der Waals surface area contributed by atoms with Crippen molar-refractivity contribution < 1.29 is 4.79 Å². The number of aryl methyl sites for hydroxylation is 1. The summed E-state index contributed by atoms with van der Waals surface area (Å²) in [6.45, 7) is 2.77. The van der Waals surface area contributed by atoms with Crippen LogP contribution >= 0.6 is 0 Å². The molecule has 0 bridgehead atoms. The summed E-state index contributed by atoms with van der Waals surface area (Å²) in [5.74, 6) is -0.0180. The fraction of sp³-hybridized carbons (Fsp3) is 0.636. The Bertz CT molecular complexity index is 381. The summed E-state index contributed by atoms with van der Waals surface area (Å²) in [6.07, 6.45) is 4.16. The number of aromatic nitrogens is 2. The fourth-order valence-corrected chi connectivity index (χ4v) is 2.12. The standard InChI is InChI=1S/C11H17N3O/c1-3-7-12-11(15)10-8-5-4-6-9(8)14(2)13-10/h3-7H2,1-2H3,(H,12,15). The SMILES string of the molecule is CCCNC(=O)c1nn(C)c2c1CCC2. The number of carbonyl (C=O) groups excluding carboxylic acids is 1. The second-order valence-corrected chi connectivity index (χ2v) is 4.01. The van der Waals surface area contributed by atoms with Crippen LogP contribution in [-0.4, -0.2) is 22.2 Å². The molecule has 1 aliphatic carbocycles. The van der Waals surface area contributed by atoms with Gasteiger partial charge in [0, 0.05) is 24.8 Å². The molecule has 0 saturated heterocycles. The molecular formula is C11H17N3O.